The Morgan fingerprint density at radius 2 is 1.32 bits per heavy atom. The van der Waals surface area contributed by atoms with Gasteiger partial charge < -0.3 is 0 Å². The van der Waals surface area contributed by atoms with Crippen LogP contribution < -0.4 is 0 Å². The van der Waals surface area contributed by atoms with E-state index in [0.29, 0.717) is 0 Å². The van der Waals surface area contributed by atoms with Gasteiger partial charge in [0, 0.05) is 14.7 Å². The van der Waals surface area contributed by atoms with Gasteiger partial charge in [-0.25, -0.2) is 0 Å². The Kier molecular flexibility index (Phi) is 5.70. The molecule has 31 heavy (non-hydrogen) atoms. The highest BCUT2D eigenvalue weighted by atomic mass is 33.5. The Hall–Kier alpha value is 0.710. The van der Waals surface area contributed by atoms with Gasteiger partial charge in [-0.05, 0) is 48.2 Å². The van der Waals surface area contributed by atoms with Gasteiger partial charge in [0.15, 0.2) is 0 Å². The summed E-state index contributed by atoms with van der Waals surface area (Å²) in [6.45, 7) is 28.8. The minimum atomic E-state index is -0.00377. The number of rotatable bonds is 0. The Bertz CT molecular complexity index is 950. The van der Waals surface area contributed by atoms with Crippen LogP contribution in [0, 0.1) is 21.7 Å². The molecular formula is C26H38S5. The average Bonchev–Trinajstić information content (AvgIpc) is 3.01. The van der Waals surface area contributed by atoms with E-state index in [4.69, 9.17) is 0 Å². The summed E-state index contributed by atoms with van der Waals surface area (Å²) in [6, 6.07) is 0. The molecule has 0 N–H and O–H groups in total. The molecule has 0 amide bonds. The van der Waals surface area contributed by atoms with Crippen LogP contribution in [0.5, 0.6) is 0 Å². The van der Waals surface area contributed by atoms with Crippen LogP contribution in [0.2, 0.25) is 0 Å². The minimum Gasteiger partial charge on any atom is -0.0987 e. The summed E-state index contributed by atoms with van der Waals surface area (Å²) < 4.78 is 0.0268. The molecule has 0 aromatic rings. The quantitative estimate of drug-likeness (QED) is 0.296. The summed E-state index contributed by atoms with van der Waals surface area (Å²) in [7, 11) is 6.25. The van der Waals surface area contributed by atoms with E-state index in [2.05, 4.69) is 140 Å². The molecule has 172 valence electrons. The molecule has 2 aliphatic carbocycles. The molecule has 0 aromatic heterocycles. The summed E-state index contributed by atoms with van der Waals surface area (Å²) >= 11 is 4.31. The third-order valence-electron chi connectivity index (χ3n) is 6.63. The Morgan fingerprint density at radius 1 is 0.710 bits per heavy atom. The second kappa shape index (κ2) is 7.12. The summed E-state index contributed by atoms with van der Waals surface area (Å²) in [4.78, 5) is 4.76. The van der Waals surface area contributed by atoms with Gasteiger partial charge in [-0.2, -0.15) is 0 Å². The number of hydrogen-bond acceptors (Lipinski definition) is 5. The Labute approximate surface area is 210 Å². The Balaban J connectivity index is 2.04. The van der Waals surface area contributed by atoms with Crippen LogP contribution in [-0.4, -0.2) is 8.83 Å². The second-order valence-electron chi connectivity index (χ2n) is 13.3. The average molecular weight is 511 g/mol. The van der Waals surface area contributed by atoms with Gasteiger partial charge >= 0.3 is 0 Å². The van der Waals surface area contributed by atoms with E-state index in [9.17, 15) is 0 Å². The number of thioether (sulfide) groups is 2. The molecule has 2 aliphatic heterocycles. The smallest absolute Gasteiger partial charge is 0.0987 e. The van der Waals surface area contributed by atoms with Gasteiger partial charge in [-0.1, -0.05) is 140 Å². The predicted octanol–water partition coefficient (Wildman–Crippen LogP) is 10.5. The van der Waals surface area contributed by atoms with Crippen molar-refractivity contribution in [2.24, 2.45) is 21.7 Å². The first-order chi connectivity index (χ1) is 13.8. The van der Waals surface area contributed by atoms with E-state index >= 15 is 0 Å². The van der Waals surface area contributed by atoms with Crippen molar-refractivity contribution < 1.29 is 0 Å². The molecule has 1 saturated heterocycles. The summed E-state index contributed by atoms with van der Waals surface area (Å²) in [6.07, 6.45) is 5.24. The summed E-state index contributed by atoms with van der Waals surface area (Å²) in [5, 5.41) is 0. The van der Waals surface area contributed by atoms with E-state index in [-0.39, 0.29) is 30.5 Å². The molecular weight excluding hydrogens is 473 g/mol. The lowest BCUT2D eigenvalue weighted by molar-refractivity contribution is 0.373. The van der Waals surface area contributed by atoms with Crippen LogP contribution in [0.4, 0.5) is 0 Å². The lowest BCUT2D eigenvalue weighted by Crippen LogP contribution is -2.39. The van der Waals surface area contributed by atoms with Gasteiger partial charge in [0.25, 0.3) is 0 Å². The molecule has 2 bridgehead atoms. The first-order valence-electron chi connectivity index (χ1n) is 11.2. The van der Waals surface area contributed by atoms with Crippen molar-refractivity contribution in [1.82, 2.24) is 0 Å². The van der Waals surface area contributed by atoms with Gasteiger partial charge in [0.05, 0.1) is 4.75 Å². The van der Waals surface area contributed by atoms with Crippen LogP contribution in [0.15, 0.2) is 43.6 Å². The largest absolute Gasteiger partial charge is 0.130 e. The van der Waals surface area contributed by atoms with Crippen LogP contribution in [-0.2, 0) is 0 Å². The maximum atomic E-state index is 2.66. The first-order valence-corrected chi connectivity index (χ1v) is 16.3. The summed E-state index contributed by atoms with van der Waals surface area (Å²) in [5.41, 5.74) is 5.25. The van der Waals surface area contributed by atoms with E-state index in [1.54, 1.807) is 31.4 Å². The predicted molar refractivity (Wildman–Crippen MR) is 151 cm³/mol. The molecule has 2 unspecified atom stereocenters. The molecule has 2 atom stereocenters. The van der Waals surface area contributed by atoms with Gasteiger partial charge in [-0.3, -0.25) is 0 Å². The highest BCUT2D eigenvalue weighted by Crippen LogP contribution is 2.80. The molecule has 0 nitrogen and oxygen atoms in total. The molecule has 1 spiro atoms. The van der Waals surface area contributed by atoms with Gasteiger partial charge in [-0.15, -0.1) is 0 Å². The van der Waals surface area contributed by atoms with Crippen LogP contribution in [0.25, 0.3) is 0 Å². The highest BCUT2D eigenvalue weighted by Gasteiger charge is 2.63. The molecule has 0 aromatic carbocycles. The fourth-order valence-electron chi connectivity index (χ4n) is 4.71. The maximum Gasteiger partial charge on any atom is 0.130 e. The van der Waals surface area contributed by atoms with E-state index in [0.717, 1.165) is 0 Å². The SMILES string of the molecule is CC(C)(C)C1=CC2(C(C)(C)C)SSSC34SC2=C1SC3=C(C(C)(C)C)C=C4C(C)(C)C. The number of hydrogen-bond donors (Lipinski definition) is 0. The monoisotopic (exact) mass is 510 g/mol. The zero-order chi connectivity index (χ0) is 23.4. The van der Waals surface area contributed by atoms with Crippen molar-refractivity contribution >= 4 is 54.9 Å². The molecule has 5 heteroatoms. The molecule has 0 saturated carbocycles. The Morgan fingerprint density at radius 3 is 1.81 bits per heavy atom. The van der Waals surface area contributed by atoms with Crippen molar-refractivity contribution in [3.63, 3.8) is 0 Å². The highest BCUT2D eigenvalue weighted by molar-refractivity contribution is 9.10. The number of allylic oxidation sites excluding steroid dienone is 3. The first kappa shape index (κ1) is 24.8. The maximum absolute atomic E-state index is 2.66. The molecule has 1 fully saturated rings. The fraction of sp³-hybridized carbons (Fsp3) is 0.692. The zero-order valence-corrected chi connectivity index (χ0v) is 25.3. The van der Waals surface area contributed by atoms with E-state index in [1.165, 1.54) is 0 Å². The third kappa shape index (κ3) is 3.61. The van der Waals surface area contributed by atoms with Crippen molar-refractivity contribution in [2.75, 3.05) is 0 Å². The molecule has 0 radical (unpaired) electrons. The normalized spacial score (nSPS) is 31.6. The third-order valence-corrected chi connectivity index (χ3v) is 15.9. The van der Waals surface area contributed by atoms with Crippen LogP contribution in [0.3, 0.4) is 0 Å². The van der Waals surface area contributed by atoms with E-state index in [1.807, 2.05) is 9.83 Å². The fourth-order valence-corrected chi connectivity index (χ4v) is 16.9. The molecule has 4 aliphatic rings. The van der Waals surface area contributed by atoms with Gasteiger partial charge in [0.1, 0.15) is 4.08 Å². The van der Waals surface area contributed by atoms with Crippen LogP contribution in [0.1, 0.15) is 83.1 Å². The minimum absolute atomic E-state index is 0.00377. The van der Waals surface area contributed by atoms with Crippen molar-refractivity contribution in [3.05, 3.63) is 43.6 Å². The van der Waals surface area contributed by atoms with Crippen molar-refractivity contribution in [2.45, 2.75) is 91.9 Å². The van der Waals surface area contributed by atoms with Crippen molar-refractivity contribution in [3.8, 4) is 0 Å². The van der Waals surface area contributed by atoms with Gasteiger partial charge in [0.2, 0.25) is 0 Å². The lowest BCUT2D eigenvalue weighted by atomic mass is 9.79. The van der Waals surface area contributed by atoms with Crippen LogP contribution >= 0.6 is 54.9 Å². The zero-order valence-electron chi connectivity index (χ0n) is 21.2. The topological polar surface area (TPSA) is 0 Å². The van der Waals surface area contributed by atoms with E-state index < -0.39 is 0 Å². The lowest BCUT2D eigenvalue weighted by Gasteiger charge is -2.45. The second-order valence-corrected chi connectivity index (χ2v) is 20.2. The molecule has 4 rings (SSSR count). The molecule has 2 heterocycles. The summed E-state index contributed by atoms with van der Waals surface area (Å²) in [5.74, 6) is 0. The standard InChI is InChI=1S/C26H38S5/c1-21(2,3)15-13-17(23(7,8)9)26-19(15)27-18-16(22(4,5)6)14-25(20(18)28-26,24(10,11)12)29-31-30-26/h13-14H,1-12H3. The van der Waals surface area contributed by atoms with Crippen molar-refractivity contribution in [1.29, 1.82) is 0 Å².